The lowest BCUT2D eigenvalue weighted by molar-refractivity contribution is -0.129. The molecule has 2 aliphatic heterocycles. The van der Waals surface area contributed by atoms with E-state index < -0.39 is 6.10 Å². The van der Waals surface area contributed by atoms with Crippen LogP contribution in [0.15, 0.2) is 4.52 Å². The molecule has 2 fully saturated rings. The first-order chi connectivity index (χ1) is 11.5. The van der Waals surface area contributed by atoms with E-state index in [1.807, 2.05) is 0 Å². The number of likely N-dealkylation sites (N-methyl/N-ethyl adjacent to an activating group) is 1. The summed E-state index contributed by atoms with van der Waals surface area (Å²) in [5.41, 5.74) is 0. The van der Waals surface area contributed by atoms with Crippen LogP contribution >= 0.6 is 0 Å². The van der Waals surface area contributed by atoms with Crippen molar-refractivity contribution in [3.8, 4) is 0 Å². The molecule has 2 unspecified atom stereocenters. The van der Waals surface area contributed by atoms with Crippen LogP contribution in [-0.2, 0) is 11.3 Å². The van der Waals surface area contributed by atoms with E-state index in [2.05, 4.69) is 27.0 Å². The Morgan fingerprint density at radius 2 is 2.25 bits per heavy atom. The quantitative estimate of drug-likeness (QED) is 0.741. The van der Waals surface area contributed by atoms with Crippen molar-refractivity contribution in [1.82, 2.24) is 24.8 Å². The summed E-state index contributed by atoms with van der Waals surface area (Å²) < 4.78 is 5.01. The van der Waals surface area contributed by atoms with E-state index in [1.165, 1.54) is 0 Å². The van der Waals surface area contributed by atoms with Gasteiger partial charge in [0.15, 0.2) is 5.82 Å². The summed E-state index contributed by atoms with van der Waals surface area (Å²) in [7, 11) is 2.07. The molecular weight excluding hydrogens is 310 g/mol. The third-order valence-electron chi connectivity index (χ3n) is 4.90. The monoisotopic (exact) mass is 337 g/mol. The number of rotatable bonds is 7. The lowest BCUT2D eigenvalue weighted by atomic mass is 10.2. The number of carbonyl (C=O) groups excluding carboxylic acids is 1. The summed E-state index contributed by atoms with van der Waals surface area (Å²) in [6, 6.07) is 0.421. The standard InChI is InChI=1S/C16H27N5O3/c1-12-17-15(18-24-12)11-19(2)13-5-7-20(8-13)9-14(22)10-21-6-3-4-16(21)23/h13-14,22H,3-11H2,1-2H3. The summed E-state index contributed by atoms with van der Waals surface area (Å²) in [6.45, 7) is 6.20. The molecule has 0 spiro atoms. The molecule has 1 N–H and O–H groups in total. The maximum absolute atomic E-state index is 11.6. The molecule has 3 heterocycles. The molecule has 0 aliphatic carbocycles. The van der Waals surface area contributed by atoms with E-state index in [-0.39, 0.29) is 5.91 Å². The van der Waals surface area contributed by atoms with Crippen LogP contribution in [0.3, 0.4) is 0 Å². The van der Waals surface area contributed by atoms with Crippen LogP contribution in [0.1, 0.15) is 31.0 Å². The van der Waals surface area contributed by atoms with Crippen molar-refractivity contribution in [3.63, 3.8) is 0 Å². The summed E-state index contributed by atoms with van der Waals surface area (Å²) in [4.78, 5) is 22.2. The van der Waals surface area contributed by atoms with Gasteiger partial charge in [0.1, 0.15) is 0 Å². The smallest absolute Gasteiger partial charge is 0.223 e. The molecule has 0 saturated carbocycles. The van der Waals surface area contributed by atoms with Crippen molar-refractivity contribution >= 4 is 5.91 Å². The lowest BCUT2D eigenvalue weighted by Gasteiger charge is -2.26. The molecule has 2 aliphatic rings. The lowest BCUT2D eigenvalue weighted by Crippen LogP contribution is -2.41. The van der Waals surface area contributed by atoms with Crippen molar-refractivity contribution in [2.75, 3.05) is 39.8 Å². The second-order valence-corrected chi connectivity index (χ2v) is 6.94. The Labute approximate surface area is 142 Å². The second kappa shape index (κ2) is 7.58. The first kappa shape index (κ1) is 17.3. The number of aliphatic hydroxyl groups excluding tert-OH is 1. The van der Waals surface area contributed by atoms with Crippen LogP contribution in [0.25, 0.3) is 0 Å². The Kier molecular flexibility index (Phi) is 5.47. The van der Waals surface area contributed by atoms with Gasteiger partial charge in [-0.1, -0.05) is 5.16 Å². The minimum Gasteiger partial charge on any atom is -0.390 e. The Bertz CT molecular complexity index is 564. The largest absolute Gasteiger partial charge is 0.390 e. The fourth-order valence-electron chi connectivity index (χ4n) is 3.60. The van der Waals surface area contributed by atoms with Crippen molar-refractivity contribution in [3.05, 3.63) is 11.7 Å². The number of likely N-dealkylation sites (tertiary alicyclic amines) is 2. The molecule has 2 saturated heterocycles. The summed E-state index contributed by atoms with van der Waals surface area (Å²) in [5.74, 6) is 1.47. The summed E-state index contributed by atoms with van der Waals surface area (Å²) in [6.07, 6.45) is 2.12. The molecule has 134 valence electrons. The normalized spacial score (nSPS) is 23.6. The Balaban J connectivity index is 1.42. The van der Waals surface area contributed by atoms with E-state index in [4.69, 9.17) is 4.52 Å². The van der Waals surface area contributed by atoms with E-state index in [9.17, 15) is 9.90 Å². The maximum atomic E-state index is 11.6. The Morgan fingerprint density at radius 1 is 1.42 bits per heavy atom. The first-order valence-electron chi connectivity index (χ1n) is 8.69. The molecule has 1 aromatic rings. The fraction of sp³-hybridized carbons (Fsp3) is 0.812. The number of aryl methyl sites for hydroxylation is 1. The van der Waals surface area contributed by atoms with Gasteiger partial charge in [0.05, 0.1) is 12.6 Å². The highest BCUT2D eigenvalue weighted by Crippen LogP contribution is 2.17. The molecule has 1 aromatic heterocycles. The van der Waals surface area contributed by atoms with Crippen LogP contribution in [0, 0.1) is 6.92 Å². The van der Waals surface area contributed by atoms with Crippen LogP contribution in [0.5, 0.6) is 0 Å². The topological polar surface area (TPSA) is 85.9 Å². The van der Waals surface area contributed by atoms with Crippen LogP contribution in [0.2, 0.25) is 0 Å². The van der Waals surface area contributed by atoms with E-state index in [0.29, 0.717) is 43.8 Å². The van der Waals surface area contributed by atoms with Crippen LogP contribution in [0.4, 0.5) is 0 Å². The molecule has 8 heteroatoms. The SMILES string of the molecule is Cc1nc(CN(C)C2CCN(CC(O)CN3CCCC3=O)C2)no1. The predicted molar refractivity (Wildman–Crippen MR) is 87.2 cm³/mol. The van der Waals surface area contributed by atoms with Crippen molar-refractivity contribution < 1.29 is 14.4 Å². The van der Waals surface area contributed by atoms with Gasteiger partial charge >= 0.3 is 0 Å². The third kappa shape index (κ3) is 4.31. The molecule has 24 heavy (non-hydrogen) atoms. The molecule has 2 atom stereocenters. The van der Waals surface area contributed by atoms with Gasteiger partial charge in [-0.3, -0.25) is 14.6 Å². The van der Waals surface area contributed by atoms with Crippen molar-refractivity contribution in [1.29, 1.82) is 0 Å². The summed E-state index contributed by atoms with van der Waals surface area (Å²) >= 11 is 0. The zero-order chi connectivity index (χ0) is 17.1. The Morgan fingerprint density at radius 3 is 2.92 bits per heavy atom. The number of amides is 1. The molecule has 8 nitrogen and oxygen atoms in total. The number of aromatic nitrogens is 2. The number of hydrogen-bond acceptors (Lipinski definition) is 7. The summed E-state index contributed by atoms with van der Waals surface area (Å²) in [5, 5.41) is 14.2. The minimum absolute atomic E-state index is 0.170. The van der Waals surface area contributed by atoms with Gasteiger partial charge in [0.25, 0.3) is 0 Å². The number of hydrogen-bond donors (Lipinski definition) is 1. The Hall–Kier alpha value is -1.51. The zero-order valence-electron chi connectivity index (χ0n) is 14.5. The van der Waals surface area contributed by atoms with Gasteiger partial charge < -0.3 is 14.5 Å². The van der Waals surface area contributed by atoms with Crippen LogP contribution < -0.4 is 0 Å². The zero-order valence-corrected chi connectivity index (χ0v) is 14.5. The molecule has 0 bridgehead atoms. The third-order valence-corrected chi connectivity index (χ3v) is 4.90. The molecule has 3 rings (SSSR count). The number of nitrogens with zero attached hydrogens (tertiary/aromatic N) is 5. The van der Waals surface area contributed by atoms with Gasteiger partial charge in [0.2, 0.25) is 11.8 Å². The van der Waals surface area contributed by atoms with Gasteiger partial charge in [-0.25, -0.2) is 0 Å². The molecule has 0 aromatic carbocycles. The van der Waals surface area contributed by atoms with E-state index in [0.717, 1.165) is 32.5 Å². The fourth-order valence-corrected chi connectivity index (χ4v) is 3.60. The minimum atomic E-state index is -0.476. The number of carbonyl (C=O) groups is 1. The van der Waals surface area contributed by atoms with Gasteiger partial charge in [-0.05, 0) is 26.4 Å². The van der Waals surface area contributed by atoms with Gasteiger partial charge in [0, 0.05) is 45.6 Å². The van der Waals surface area contributed by atoms with E-state index >= 15 is 0 Å². The van der Waals surface area contributed by atoms with Crippen molar-refractivity contribution in [2.45, 2.75) is 44.9 Å². The highest BCUT2D eigenvalue weighted by Gasteiger charge is 2.29. The predicted octanol–water partition coefficient (Wildman–Crippen LogP) is -0.133. The molecular formula is C16H27N5O3. The highest BCUT2D eigenvalue weighted by molar-refractivity contribution is 5.78. The van der Waals surface area contributed by atoms with E-state index in [1.54, 1.807) is 11.8 Å². The molecule has 0 radical (unpaired) electrons. The maximum Gasteiger partial charge on any atom is 0.223 e. The highest BCUT2D eigenvalue weighted by atomic mass is 16.5. The first-order valence-corrected chi connectivity index (χ1v) is 8.69. The number of aliphatic hydroxyl groups is 1. The number of β-amino-alcohol motifs (C(OH)–C–C–N with tert-alkyl or cyclic N) is 1. The van der Waals surface area contributed by atoms with Gasteiger partial charge in [-0.15, -0.1) is 0 Å². The second-order valence-electron chi connectivity index (χ2n) is 6.94. The average molecular weight is 337 g/mol. The molecule has 1 amide bonds. The average Bonchev–Trinajstić information content (AvgIpc) is 3.23. The van der Waals surface area contributed by atoms with Crippen molar-refractivity contribution in [2.24, 2.45) is 0 Å². The van der Waals surface area contributed by atoms with Gasteiger partial charge in [-0.2, -0.15) is 4.98 Å². The van der Waals surface area contributed by atoms with Crippen LogP contribution in [-0.4, -0.2) is 87.8 Å².